The Morgan fingerprint density at radius 1 is 1.50 bits per heavy atom. The Bertz CT molecular complexity index is 633. The molecule has 3 rings (SSSR count). The van der Waals surface area contributed by atoms with E-state index in [0.717, 1.165) is 5.56 Å². The SMILES string of the molecule is CCOC(=O)N1c2cc3c(cc2C=CC1C#N)OCO3. The third kappa shape index (κ3) is 1.84. The van der Waals surface area contributed by atoms with Crippen LogP contribution in [-0.4, -0.2) is 25.5 Å². The Kier molecular flexibility index (Phi) is 2.95. The lowest BCUT2D eigenvalue weighted by molar-refractivity contribution is 0.159. The van der Waals surface area contributed by atoms with Gasteiger partial charge in [-0.05, 0) is 19.1 Å². The minimum Gasteiger partial charge on any atom is -0.454 e. The van der Waals surface area contributed by atoms with Gasteiger partial charge in [-0.15, -0.1) is 0 Å². The molecule has 0 spiro atoms. The Hall–Kier alpha value is -2.68. The number of fused-ring (bicyclic) bond motifs is 2. The highest BCUT2D eigenvalue weighted by Crippen LogP contribution is 2.41. The standard InChI is InChI=1S/C14H12N2O4/c1-2-18-14(17)16-10(7-15)4-3-9-5-12-13(6-11(9)16)20-8-19-12/h3-6,10H,2,8H2,1H3. The maximum absolute atomic E-state index is 12.1. The first-order valence-corrected chi connectivity index (χ1v) is 6.22. The zero-order valence-electron chi connectivity index (χ0n) is 10.8. The van der Waals surface area contributed by atoms with Gasteiger partial charge in [-0.2, -0.15) is 5.26 Å². The molecule has 1 aromatic rings. The number of benzene rings is 1. The number of nitrogens with zero attached hydrogens (tertiary/aromatic N) is 2. The van der Waals surface area contributed by atoms with Crippen LogP contribution < -0.4 is 14.4 Å². The van der Waals surface area contributed by atoms with Crippen LogP contribution in [0.4, 0.5) is 10.5 Å². The van der Waals surface area contributed by atoms with Crippen molar-refractivity contribution in [3.8, 4) is 17.6 Å². The van der Waals surface area contributed by atoms with Gasteiger partial charge in [-0.1, -0.05) is 6.08 Å². The molecule has 6 nitrogen and oxygen atoms in total. The van der Waals surface area contributed by atoms with Crippen LogP contribution in [0.3, 0.4) is 0 Å². The van der Waals surface area contributed by atoms with Gasteiger partial charge in [0.05, 0.1) is 18.4 Å². The molecule has 2 heterocycles. The van der Waals surface area contributed by atoms with Gasteiger partial charge < -0.3 is 14.2 Å². The maximum atomic E-state index is 12.1. The molecule has 2 aliphatic rings. The summed E-state index contributed by atoms with van der Waals surface area (Å²) in [6.45, 7) is 2.12. The fourth-order valence-electron chi connectivity index (χ4n) is 2.23. The van der Waals surface area contributed by atoms with Crippen molar-refractivity contribution in [2.75, 3.05) is 18.3 Å². The highest BCUT2D eigenvalue weighted by atomic mass is 16.7. The molecule has 0 bridgehead atoms. The molecule has 0 aliphatic carbocycles. The molecule has 1 aromatic carbocycles. The predicted octanol–water partition coefficient (Wildman–Crippen LogP) is 2.30. The molecule has 6 heteroatoms. The van der Waals surface area contributed by atoms with E-state index in [-0.39, 0.29) is 13.4 Å². The maximum Gasteiger partial charge on any atom is 0.415 e. The quantitative estimate of drug-likeness (QED) is 0.784. The third-order valence-corrected chi connectivity index (χ3v) is 3.11. The van der Waals surface area contributed by atoms with Gasteiger partial charge in [0.15, 0.2) is 11.5 Å². The van der Waals surface area contributed by atoms with Crippen LogP contribution in [0.25, 0.3) is 6.08 Å². The molecule has 20 heavy (non-hydrogen) atoms. The number of rotatable bonds is 1. The van der Waals surface area contributed by atoms with Crippen LogP contribution in [0.15, 0.2) is 18.2 Å². The van der Waals surface area contributed by atoms with Crippen LogP contribution in [0, 0.1) is 11.3 Å². The lowest BCUT2D eigenvalue weighted by atomic mass is 10.0. The van der Waals surface area contributed by atoms with Crippen molar-refractivity contribution in [1.29, 1.82) is 5.26 Å². The zero-order valence-corrected chi connectivity index (χ0v) is 10.8. The van der Waals surface area contributed by atoms with Crippen LogP contribution in [0.5, 0.6) is 11.5 Å². The number of ether oxygens (including phenoxy) is 3. The van der Waals surface area contributed by atoms with Gasteiger partial charge in [0, 0.05) is 11.6 Å². The van der Waals surface area contributed by atoms with Crippen LogP contribution >= 0.6 is 0 Å². The van der Waals surface area contributed by atoms with E-state index >= 15 is 0 Å². The van der Waals surface area contributed by atoms with Crippen molar-refractivity contribution < 1.29 is 19.0 Å². The molecule has 0 aromatic heterocycles. The topological polar surface area (TPSA) is 71.8 Å². The first kappa shape index (κ1) is 12.4. The first-order valence-electron chi connectivity index (χ1n) is 6.22. The molecule has 0 radical (unpaired) electrons. The molecule has 1 amide bonds. The van der Waals surface area contributed by atoms with Crippen molar-refractivity contribution in [1.82, 2.24) is 0 Å². The average Bonchev–Trinajstić information content (AvgIpc) is 2.90. The minimum atomic E-state index is -0.693. The molecule has 2 aliphatic heterocycles. The van der Waals surface area contributed by atoms with E-state index in [1.165, 1.54) is 4.90 Å². The van der Waals surface area contributed by atoms with Gasteiger partial charge >= 0.3 is 6.09 Å². The van der Waals surface area contributed by atoms with Crippen molar-refractivity contribution in [2.45, 2.75) is 13.0 Å². The van der Waals surface area contributed by atoms with E-state index in [1.807, 2.05) is 0 Å². The van der Waals surface area contributed by atoms with E-state index < -0.39 is 12.1 Å². The normalized spacial score (nSPS) is 18.4. The molecule has 0 saturated carbocycles. The van der Waals surface area contributed by atoms with Gasteiger partial charge in [-0.25, -0.2) is 4.79 Å². The summed E-state index contributed by atoms with van der Waals surface area (Å²) in [5.74, 6) is 1.19. The van der Waals surface area contributed by atoms with Crippen molar-refractivity contribution >= 4 is 17.9 Å². The van der Waals surface area contributed by atoms with E-state index in [2.05, 4.69) is 6.07 Å². The summed E-state index contributed by atoms with van der Waals surface area (Å²) in [6.07, 6.45) is 2.89. The fourth-order valence-corrected chi connectivity index (χ4v) is 2.23. The monoisotopic (exact) mass is 272 g/mol. The Morgan fingerprint density at radius 2 is 2.25 bits per heavy atom. The molecule has 0 fully saturated rings. The van der Waals surface area contributed by atoms with Crippen molar-refractivity contribution in [3.05, 3.63) is 23.8 Å². The van der Waals surface area contributed by atoms with E-state index in [0.29, 0.717) is 17.2 Å². The highest BCUT2D eigenvalue weighted by Gasteiger charge is 2.31. The second-order valence-corrected chi connectivity index (χ2v) is 4.27. The number of carbonyl (C=O) groups excluding carboxylic acids is 1. The number of amides is 1. The summed E-state index contributed by atoms with van der Waals surface area (Å²) in [4.78, 5) is 13.4. The number of hydrogen-bond acceptors (Lipinski definition) is 5. The molecule has 0 saturated heterocycles. The summed E-state index contributed by atoms with van der Waals surface area (Å²) < 4.78 is 15.6. The van der Waals surface area contributed by atoms with E-state index in [4.69, 9.17) is 14.2 Å². The van der Waals surface area contributed by atoms with E-state index in [1.54, 1.807) is 31.2 Å². The molecular weight excluding hydrogens is 260 g/mol. The van der Waals surface area contributed by atoms with Gasteiger partial charge in [0.1, 0.15) is 6.04 Å². The largest absolute Gasteiger partial charge is 0.454 e. The molecule has 1 unspecified atom stereocenters. The summed E-state index contributed by atoms with van der Waals surface area (Å²) in [5.41, 5.74) is 1.37. The minimum absolute atomic E-state index is 0.156. The Morgan fingerprint density at radius 3 is 2.95 bits per heavy atom. The molecular formula is C14H12N2O4. The molecule has 102 valence electrons. The summed E-state index contributed by atoms with van der Waals surface area (Å²) in [5, 5.41) is 9.19. The number of hydrogen-bond donors (Lipinski definition) is 0. The Balaban J connectivity index is 2.08. The van der Waals surface area contributed by atoms with Crippen LogP contribution in [0.1, 0.15) is 12.5 Å². The van der Waals surface area contributed by atoms with Crippen LogP contribution in [0.2, 0.25) is 0 Å². The molecule has 0 N–H and O–H groups in total. The van der Waals surface area contributed by atoms with Gasteiger partial charge in [-0.3, -0.25) is 4.90 Å². The zero-order chi connectivity index (χ0) is 14.1. The van der Waals surface area contributed by atoms with Crippen LogP contribution in [-0.2, 0) is 4.74 Å². The Labute approximate surface area is 115 Å². The summed E-state index contributed by atoms with van der Waals surface area (Å²) in [7, 11) is 0. The van der Waals surface area contributed by atoms with E-state index in [9.17, 15) is 10.1 Å². The predicted molar refractivity (Wildman–Crippen MR) is 70.5 cm³/mol. The lowest BCUT2D eigenvalue weighted by Gasteiger charge is -2.29. The number of anilines is 1. The third-order valence-electron chi connectivity index (χ3n) is 3.11. The van der Waals surface area contributed by atoms with Crippen molar-refractivity contribution in [3.63, 3.8) is 0 Å². The fraction of sp³-hybridized carbons (Fsp3) is 0.286. The highest BCUT2D eigenvalue weighted by molar-refractivity contribution is 5.95. The summed E-state index contributed by atoms with van der Waals surface area (Å²) >= 11 is 0. The average molecular weight is 272 g/mol. The number of carbonyl (C=O) groups is 1. The summed E-state index contributed by atoms with van der Waals surface area (Å²) in [6, 6.07) is 4.86. The van der Waals surface area contributed by atoms with Gasteiger partial charge in [0.2, 0.25) is 6.79 Å². The van der Waals surface area contributed by atoms with Crippen molar-refractivity contribution in [2.24, 2.45) is 0 Å². The second kappa shape index (κ2) is 4.78. The second-order valence-electron chi connectivity index (χ2n) is 4.27. The smallest absolute Gasteiger partial charge is 0.415 e. The number of nitriles is 1. The lowest BCUT2D eigenvalue weighted by Crippen LogP contribution is -2.40. The van der Waals surface area contributed by atoms with Gasteiger partial charge in [0.25, 0.3) is 0 Å². The first-order chi connectivity index (χ1) is 9.74. The molecule has 1 atom stereocenters.